The number of hydrogen-bond donors (Lipinski definition) is 2. The summed E-state index contributed by atoms with van der Waals surface area (Å²) in [5, 5.41) is 9.31. The molecule has 0 aliphatic carbocycles. The number of anilines is 1. The van der Waals surface area contributed by atoms with Gasteiger partial charge < -0.3 is 38.0 Å². The van der Waals surface area contributed by atoms with E-state index < -0.39 is 49.4 Å². The van der Waals surface area contributed by atoms with Crippen LogP contribution in [0.5, 0.6) is 0 Å². The number of benzene rings is 1. The standard InChI is InChI=1S/C28H41F2N4O11P/c1-5-6-7-8-22(35)33(26-32-24-21(29)17-20(18-31)23(30)25(24)34(26)28(2,3)4)19-44-27(36)43-15-13-41-11-9-40-10-12-42-14-16-45-46(37,38)39/h17H,5-16,19H2,1-4H3,(H2,37,38,39). The SMILES string of the molecule is CCCCCC(=O)N(COC(=O)OCCOCCOCCOCCOP(=O)(O)O)c1nc2c(F)cc(C#N)c(F)c2n1C(C)(C)C. The molecule has 0 spiro atoms. The second kappa shape index (κ2) is 18.8. The van der Waals surface area contributed by atoms with E-state index in [1.165, 1.54) is 4.57 Å². The minimum Gasteiger partial charge on any atom is -0.432 e. The van der Waals surface area contributed by atoms with Crippen molar-refractivity contribution in [3.05, 3.63) is 23.3 Å². The summed E-state index contributed by atoms with van der Waals surface area (Å²) < 4.78 is 72.2. The Labute approximate surface area is 265 Å². The summed E-state index contributed by atoms with van der Waals surface area (Å²) in [5.74, 6) is -2.59. The molecule has 0 fully saturated rings. The first-order chi connectivity index (χ1) is 21.7. The van der Waals surface area contributed by atoms with Crippen LogP contribution < -0.4 is 4.90 Å². The second-order valence-electron chi connectivity index (χ2n) is 10.8. The lowest BCUT2D eigenvalue weighted by Crippen LogP contribution is -2.38. The summed E-state index contributed by atoms with van der Waals surface area (Å²) in [4.78, 5) is 48.0. The zero-order valence-corrected chi connectivity index (χ0v) is 27.2. The van der Waals surface area contributed by atoms with E-state index in [-0.39, 0.29) is 76.3 Å². The molecule has 0 aliphatic heterocycles. The molecule has 1 aromatic carbocycles. The molecular weight excluding hydrogens is 637 g/mol. The molecule has 1 heterocycles. The second-order valence-corrected chi connectivity index (χ2v) is 12.0. The van der Waals surface area contributed by atoms with Crippen molar-refractivity contribution in [1.82, 2.24) is 9.55 Å². The topological polar surface area (TPSA) is 192 Å². The molecule has 0 atom stereocenters. The van der Waals surface area contributed by atoms with Crippen molar-refractivity contribution in [2.24, 2.45) is 0 Å². The summed E-state index contributed by atoms with van der Waals surface area (Å²) >= 11 is 0. The molecule has 2 N–H and O–H groups in total. The summed E-state index contributed by atoms with van der Waals surface area (Å²) in [7, 11) is -4.52. The van der Waals surface area contributed by atoms with Crippen LogP contribution in [-0.4, -0.2) is 91.0 Å². The van der Waals surface area contributed by atoms with E-state index in [4.69, 9.17) is 33.5 Å². The van der Waals surface area contributed by atoms with Gasteiger partial charge in [0, 0.05) is 12.0 Å². The van der Waals surface area contributed by atoms with Crippen LogP contribution in [0, 0.1) is 23.0 Å². The Morgan fingerprint density at radius 2 is 1.59 bits per heavy atom. The fourth-order valence-corrected chi connectivity index (χ4v) is 4.38. The van der Waals surface area contributed by atoms with Gasteiger partial charge in [-0.05, 0) is 33.3 Å². The summed E-state index contributed by atoms with van der Waals surface area (Å²) in [5.41, 5.74) is -2.13. The summed E-state index contributed by atoms with van der Waals surface area (Å²) in [6, 6.07) is 2.37. The first-order valence-corrected chi connectivity index (χ1v) is 16.1. The molecule has 2 rings (SSSR count). The molecule has 258 valence electrons. The predicted octanol–water partition coefficient (Wildman–Crippen LogP) is 4.12. The molecule has 0 radical (unpaired) electrons. The fraction of sp³-hybridized carbons (Fsp3) is 0.643. The number of carbonyl (C=O) groups excluding carboxylic acids is 2. The molecular formula is C28H41F2N4O11P. The van der Waals surface area contributed by atoms with Gasteiger partial charge in [0.05, 0.1) is 51.8 Å². The molecule has 1 aromatic heterocycles. The van der Waals surface area contributed by atoms with Crippen molar-refractivity contribution in [3.8, 4) is 6.07 Å². The Balaban J connectivity index is 1.94. The number of carbonyl (C=O) groups is 2. The number of hydrogen-bond acceptors (Lipinski definition) is 11. The number of ether oxygens (including phenoxy) is 5. The van der Waals surface area contributed by atoms with Gasteiger partial charge in [-0.2, -0.15) is 5.26 Å². The highest BCUT2D eigenvalue weighted by Gasteiger charge is 2.32. The molecule has 0 bridgehead atoms. The molecule has 46 heavy (non-hydrogen) atoms. The van der Waals surface area contributed by atoms with Gasteiger partial charge in [0.25, 0.3) is 0 Å². The van der Waals surface area contributed by atoms with Crippen LogP contribution in [0.3, 0.4) is 0 Å². The number of rotatable bonds is 20. The molecule has 0 saturated carbocycles. The minimum atomic E-state index is -4.52. The third-order valence-electron chi connectivity index (χ3n) is 6.12. The van der Waals surface area contributed by atoms with Crippen LogP contribution in [0.25, 0.3) is 11.0 Å². The van der Waals surface area contributed by atoms with Crippen molar-refractivity contribution in [1.29, 1.82) is 5.26 Å². The van der Waals surface area contributed by atoms with E-state index in [2.05, 4.69) is 9.51 Å². The third kappa shape index (κ3) is 12.5. The first-order valence-electron chi connectivity index (χ1n) is 14.6. The van der Waals surface area contributed by atoms with E-state index in [1.807, 2.05) is 6.92 Å². The zero-order chi connectivity index (χ0) is 34.3. The van der Waals surface area contributed by atoms with Gasteiger partial charge in [0.15, 0.2) is 18.4 Å². The number of unbranched alkanes of at least 4 members (excludes halogenated alkanes) is 2. The van der Waals surface area contributed by atoms with Crippen LogP contribution in [0.2, 0.25) is 0 Å². The number of nitriles is 1. The normalized spacial score (nSPS) is 11.9. The van der Waals surface area contributed by atoms with E-state index in [9.17, 15) is 23.8 Å². The van der Waals surface area contributed by atoms with Crippen molar-refractivity contribution < 1.29 is 60.9 Å². The maximum atomic E-state index is 15.3. The number of amides is 1. The number of halogens is 2. The third-order valence-corrected chi connectivity index (χ3v) is 6.64. The maximum absolute atomic E-state index is 15.3. The van der Waals surface area contributed by atoms with E-state index in [0.29, 0.717) is 6.42 Å². The average Bonchev–Trinajstić information content (AvgIpc) is 3.39. The van der Waals surface area contributed by atoms with Crippen LogP contribution in [-0.2, 0) is 43.1 Å². The number of imidazole rings is 1. The quantitative estimate of drug-likeness (QED) is 0.0880. The Bertz CT molecular complexity index is 1390. The van der Waals surface area contributed by atoms with E-state index in [0.717, 1.165) is 23.8 Å². The molecule has 0 aliphatic rings. The fourth-order valence-electron chi connectivity index (χ4n) is 4.06. The van der Waals surface area contributed by atoms with E-state index >= 15 is 4.39 Å². The van der Waals surface area contributed by atoms with Crippen molar-refractivity contribution >= 4 is 36.9 Å². The summed E-state index contributed by atoms with van der Waals surface area (Å²) in [6.07, 6.45) is 1.06. The average molecular weight is 679 g/mol. The van der Waals surface area contributed by atoms with Gasteiger partial charge >= 0.3 is 14.0 Å². The van der Waals surface area contributed by atoms with Gasteiger partial charge in [0.1, 0.15) is 23.7 Å². The highest BCUT2D eigenvalue weighted by atomic mass is 31.2. The van der Waals surface area contributed by atoms with Gasteiger partial charge in [-0.15, -0.1) is 0 Å². The Morgan fingerprint density at radius 1 is 1.00 bits per heavy atom. The number of nitrogens with zero attached hydrogens (tertiary/aromatic N) is 4. The Morgan fingerprint density at radius 3 is 2.13 bits per heavy atom. The minimum absolute atomic E-state index is 0.00787. The molecule has 0 unspecified atom stereocenters. The van der Waals surface area contributed by atoms with Crippen molar-refractivity contribution in [2.75, 3.05) is 64.5 Å². The number of fused-ring (bicyclic) bond motifs is 1. The monoisotopic (exact) mass is 678 g/mol. The van der Waals surface area contributed by atoms with Gasteiger partial charge in [0.2, 0.25) is 11.9 Å². The number of phosphoric ester groups is 1. The van der Waals surface area contributed by atoms with Gasteiger partial charge in [-0.3, -0.25) is 9.32 Å². The lowest BCUT2D eigenvalue weighted by Gasteiger charge is -2.29. The maximum Gasteiger partial charge on any atom is 0.510 e. The molecule has 18 heteroatoms. The molecule has 1 amide bonds. The van der Waals surface area contributed by atoms with Crippen LogP contribution in [0.1, 0.15) is 58.9 Å². The number of aromatic nitrogens is 2. The summed E-state index contributed by atoms with van der Waals surface area (Å²) in [6.45, 7) is 6.69. The molecule has 15 nitrogen and oxygen atoms in total. The lowest BCUT2D eigenvalue weighted by atomic mass is 10.1. The van der Waals surface area contributed by atoms with Crippen LogP contribution >= 0.6 is 7.82 Å². The van der Waals surface area contributed by atoms with Crippen LogP contribution in [0.4, 0.5) is 19.5 Å². The smallest absolute Gasteiger partial charge is 0.432 e. The Kier molecular flexibility index (Phi) is 15.9. The molecule has 2 aromatic rings. The van der Waals surface area contributed by atoms with E-state index in [1.54, 1.807) is 26.8 Å². The predicted molar refractivity (Wildman–Crippen MR) is 159 cm³/mol. The van der Waals surface area contributed by atoms with Crippen molar-refractivity contribution in [3.63, 3.8) is 0 Å². The Hall–Kier alpha value is -3.23. The van der Waals surface area contributed by atoms with Crippen LogP contribution in [0.15, 0.2) is 6.07 Å². The van der Waals surface area contributed by atoms with Gasteiger partial charge in [-0.1, -0.05) is 19.8 Å². The highest BCUT2D eigenvalue weighted by molar-refractivity contribution is 7.46. The zero-order valence-electron chi connectivity index (χ0n) is 26.3. The highest BCUT2D eigenvalue weighted by Crippen LogP contribution is 2.36. The van der Waals surface area contributed by atoms with Crippen molar-refractivity contribution in [2.45, 2.75) is 58.9 Å². The van der Waals surface area contributed by atoms with Gasteiger partial charge in [-0.25, -0.2) is 28.0 Å². The molecule has 0 saturated heterocycles. The lowest BCUT2D eigenvalue weighted by molar-refractivity contribution is -0.119. The first kappa shape index (κ1) is 39.0. The largest absolute Gasteiger partial charge is 0.510 e. The number of phosphoric acid groups is 1.